The average molecular weight is 1900 g/mol. The van der Waals surface area contributed by atoms with Crippen molar-refractivity contribution in [2.45, 2.75) is 25.5 Å². The SMILES string of the molecule is Cc1cccc(/C=C/C(=O)/C=C/c2cccc(C(F)(F)F)c2)c1.O=C(/C=C/c1ccccc1)/C=C/c1ccccc1.O=C(/C=C/c1ccccc1C(F)(F)F)/C=C/c1ccccc1C(F)(F)F.O=C(/C=C/c1ccccc1O)/C=C/c1ccccc1O.O=C(/C=C/c1ccccn1)/C=C/c1ccccn1.O=C(/C=C/c1cccnc1)/C=C/c1cccnc1.O=C(/C=C/c1ccncc1)/C=C/c1ccncc1. The van der Waals surface area contributed by atoms with Crippen LogP contribution in [0.15, 0.2) is 438 Å². The first-order valence-electron chi connectivity index (χ1n) is 42.9. The van der Waals surface area contributed by atoms with Gasteiger partial charge in [0, 0.05) is 73.1 Å². The maximum Gasteiger partial charge on any atom is 0.416 e. The van der Waals surface area contributed by atoms with Gasteiger partial charge in [-0.1, -0.05) is 248 Å². The number of allylic oxidation sites excluding steroid dienone is 14. The van der Waals surface area contributed by atoms with Crippen molar-refractivity contribution in [3.8, 4) is 11.5 Å². The Balaban J connectivity index is 0.000000202. The van der Waals surface area contributed by atoms with E-state index in [1.165, 1.54) is 115 Å². The number of carbonyl (C=O) groups excluding carboxylic acids is 7. The molecule has 0 atom stereocenters. The van der Waals surface area contributed by atoms with Gasteiger partial charge in [0.05, 0.1) is 28.1 Å². The average Bonchev–Trinajstić information content (AvgIpc) is 0.831. The first-order chi connectivity index (χ1) is 68.0. The van der Waals surface area contributed by atoms with Crippen LogP contribution in [0.5, 0.6) is 11.5 Å². The summed E-state index contributed by atoms with van der Waals surface area (Å²) >= 11 is 0. The molecule has 14 rings (SSSR count). The van der Waals surface area contributed by atoms with Crippen molar-refractivity contribution in [3.63, 3.8) is 0 Å². The van der Waals surface area contributed by atoms with E-state index in [4.69, 9.17) is 0 Å². The third kappa shape index (κ3) is 44.6. The zero-order valence-electron chi connectivity index (χ0n) is 75.5. The maximum atomic E-state index is 12.9. The van der Waals surface area contributed by atoms with E-state index in [9.17, 15) is 83.3 Å². The van der Waals surface area contributed by atoms with E-state index in [0.717, 1.165) is 104 Å². The van der Waals surface area contributed by atoms with Gasteiger partial charge in [-0.15, -0.1) is 0 Å². The number of alkyl halides is 9. The number of para-hydroxylation sites is 2. The number of carbonyl (C=O) groups is 7. The Morgan fingerprint density at radius 1 is 0.227 bits per heavy atom. The molecule has 15 nitrogen and oxygen atoms in total. The molecule has 0 bridgehead atoms. The second-order valence-electron chi connectivity index (χ2n) is 29.3. The minimum atomic E-state index is -4.58. The third-order valence-corrected chi connectivity index (χ3v) is 18.5. The molecule has 0 fully saturated rings. The lowest BCUT2D eigenvalue weighted by atomic mass is 10.0. The van der Waals surface area contributed by atoms with Gasteiger partial charge in [0.25, 0.3) is 0 Å². The Labute approximate surface area is 809 Å². The molecule has 14 aromatic rings. The van der Waals surface area contributed by atoms with Crippen LogP contribution in [-0.2, 0) is 52.1 Å². The zero-order chi connectivity index (χ0) is 101. The van der Waals surface area contributed by atoms with Crippen LogP contribution < -0.4 is 0 Å². The zero-order valence-corrected chi connectivity index (χ0v) is 75.5. The van der Waals surface area contributed by atoms with Gasteiger partial charge in [0.2, 0.25) is 0 Å². The number of nitrogens with zero attached hydrogens (tertiary/aromatic N) is 6. The van der Waals surface area contributed by atoms with E-state index in [2.05, 4.69) is 29.9 Å². The van der Waals surface area contributed by atoms with Crippen LogP contribution in [0, 0.1) is 6.92 Å². The molecule has 0 aliphatic heterocycles. The van der Waals surface area contributed by atoms with Crippen LogP contribution in [-0.4, -0.2) is 80.6 Å². The highest BCUT2D eigenvalue weighted by Gasteiger charge is 2.34. The highest BCUT2D eigenvalue weighted by Crippen LogP contribution is 2.35. The Hall–Kier alpha value is -18.3. The molecule has 6 heterocycles. The number of pyridine rings is 6. The fourth-order valence-corrected chi connectivity index (χ4v) is 11.5. The van der Waals surface area contributed by atoms with Gasteiger partial charge < -0.3 is 10.2 Å². The number of aromatic hydroxyl groups is 2. The topological polar surface area (TPSA) is 237 Å². The summed E-state index contributed by atoms with van der Waals surface area (Å²) in [5, 5.41) is 19.1. The summed E-state index contributed by atoms with van der Waals surface area (Å²) in [5.74, 6) is -1.22. The van der Waals surface area contributed by atoms with E-state index < -0.39 is 41.0 Å². The molecule has 0 radical (unpaired) electrons. The molecule has 8 aromatic carbocycles. The Bertz CT molecular complexity index is 6060. The highest BCUT2D eigenvalue weighted by molar-refractivity contribution is 6.08. The lowest BCUT2D eigenvalue weighted by Gasteiger charge is -2.09. The van der Waals surface area contributed by atoms with Crippen molar-refractivity contribution in [1.82, 2.24) is 29.9 Å². The number of rotatable bonds is 28. The lowest BCUT2D eigenvalue weighted by Crippen LogP contribution is -2.07. The number of phenolic OH excluding ortho intramolecular Hbond substituents is 2. The number of phenols is 2. The van der Waals surface area contributed by atoms with Crippen LogP contribution in [0.25, 0.3) is 85.1 Å². The van der Waals surface area contributed by atoms with Gasteiger partial charge in [-0.05, 0) is 281 Å². The molecular weight excluding hydrogens is 1800 g/mol. The van der Waals surface area contributed by atoms with E-state index >= 15 is 0 Å². The van der Waals surface area contributed by atoms with Gasteiger partial charge in [0.15, 0.2) is 40.5 Å². The molecule has 0 saturated carbocycles. The molecule has 2 N–H and O–H groups in total. The molecule has 6 aromatic heterocycles. The van der Waals surface area contributed by atoms with Gasteiger partial charge in [0.1, 0.15) is 11.5 Å². The summed E-state index contributed by atoms with van der Waals surface area (Å²) in [7, 11) is 0. The molecule has 24 heteroatoms. The van der Waals surface area contributed by atoms with Crippen molar-refractivity contribution in [3.05, 3.63) is 539 Å². The fourth-order valence-electron chi connectivity index (χ4n) is 11.5. The van der Waals surface area contributed by atoms with E-state index in [1.807, 2.05) is 189 Å². The number of aryl methyl sites for hydroxylation is 1. The minimum Gasteiger partial charge on any atom is -0.507 e. The molecule has 0 aliphatic carbocycles. The smallest absolute Gasteiger partial charge is 0.416 e. The van der Waals surface area contributed by atoms with Gasteiger partial charge in [-0.25, -0.2) is 0 Å². The molecule has 0 spiro atoms. The second kappa shape index (κ2) is 59.4. The summed E-state index contributed by atoms with van der Waals surface area (Å²) in [6.07, 6.45) is 44.9. The fraction of sp³-hybridized carbons (Fsp3) is 0.0342. The Morgan fingerprint density at radius 2 is 0.504 bits per heavy atom. The van der Waals surface area contributed by atoms with Crippen molar-refractivity contribution in [2.24, 2.45) is 0 Å². The van der Waals surface area contributed by atoms with Crippen LogP contribution >= 0.6 is 0 Å². The number of aromatic nitrogens is 6. The van der Waals surface area contributed by atoms with Crippen LogP contribution in [0.3, 0.4) is 0 Å². The van der Waals surface area contributed by atoms with E-state index in [-0.39, 0.29) is 57.3 Å². The van der Waals surface area contributed by atoms with Gasteiger partial charge >= 0.3 is 18.5 Å². The summed E-state index contributed by atoms with van der Waals surface area (Å²) in [6, 6.07) is 80.8. The molecule has 0 amide bonds. The summed E-state index contributed by atoms with van der Waals surface area (Å²) in [6.45, 7) is 1.95. The highest BCUT2D eigenvalue weighted by atomic mass is 19.4. The van der Waals surface area contributed by atoms with E-state index in [0.29, 0.717) is 16.7 Å². The first-order valence-corrected chi connectivity index (χ1v) is 42.9. The van der Waals surface area contributed by atoms with Crippen LogP contribution in [0.2, 0.25) is 0 Å². The summed E-state index contributed by atoms with van der Waals surface area (Å²) in [4.78, 5) is 105. The molecule has 141 heavy (non-hydrogen) atoms. The number of halogens is 9. The van der Waals surface area contributed by atoms with Crippen molar-refractivity contribution >= 4 is 126 Å². The normalized spacial score (nSPS) is 11.6. The lowest BCUT2D eigenvalue weighted by molar-refractivity contribution is -0.138. The van der Waals surface area contributed by atoms with Crippen molar-refractivity contribution in [1.29, 1.82) is 0 Å². The molecule has 706 valence electrons. The largest absolute Gasteiger partial charge is 0.507 e. The van der Waals surface area contributed by atoms with Gasteiger partial charge in [-0.3, -0.25) is 63.5 Å². The first kappa shape index (κ1) is 108. The second-order valence-corrected chi connectivity index (χ2v) is 29.3. The number of ketones is 7. The van der Waals surface area contributed by atoms with Gasteiger partial charge in [-0.2, -0.15) is 39.5 Å². The van der Waals surface area contributed by atoms with Crippen molar-refractivity contribution in [2.75, 3.05) is 0 Å². The molecule has 0 saturated heterocycles. The van der Waals surface area contributed by atoms with Crippen LogP contribution in [0.1, 0.15) is 100 Å². The third-order valence-electron chi connectivity index (χ3n) is 18.5. The molecule has 0 unspecified atom stereocenters. The number of hydrogen-bond acceptors (Lipinski definition) is 15. The summed E-state index contributed by atoms with van der Waals surface area (Å²) < 4.78 is 115. The predicted octanol–water partition coefficient (Wildman–Crippen LogP) is 27.0. The quantitative estimate of drug-likeness (QED) is 0.0342. The number of hydrogen-bond donors (Lipinski definition) is 2. The maximum absolute atomic E-state index is 12.9. The Kier molecular flexibility index (Phi) is 45.5. The van der Waals surface area contributed by atoms with E-state index in [1.54, 1.807) is 177 Å². The Morgan fingerprint density at radius 3 is 0.830 bits per heavy atom. The van der Waals surface area contributed by atoms with Crippen LogP contribution in [0.4, 0.5) is 39.5 Å². The summed E-state index contributed by atoms with van der Waals surface area (Å²) in [5.41, 5.74) is 7.79. The predicted molar refractivity (Wildman–Crippen MR) is 542 cm³/mol. The monoisotopic (exact) mass is 1890 g/mol. The van der Waals surface area contributed by atoms with Crippen molar-refractivity contribution < 1.29 is 83.3 Å². The standard InChI is InChI=1S/C19H12F6O.C19H15F3O.C17H14O3.C17H14O.3C15H12N2O/c20-18(21,22)16-7-3-1-5-13(16)9-11-15(26)12-10-14-6-2-4-8-17(14)19(23,24)25;1-14-4-2-5-15(12-14)8-10-18(23)11-9-16-6-3-7-17(13-16)19(20,21)22;18-15(11-9-13-5-1-3-7-16(13)19)12-10-14-6-2-4-8-17(14)20;18-17(13-11-15-7-3-1-4-8-15)14-12-16-9-5-2-6-10-16;18-15(3-1-13-5-9-16-10-6-13)4-2-14-7-11-17-12-8-14;18-15(7-5-13-3-1-9-16-11-13)8-6-14-4-2-10-17-12-14;18-15(9-7-13-5-1-3-11-16-13)10-8-14-6-2-4-12-17-14/h1-12H;2-13H,1H3;1-12,19-20H;1-14H;3*1-12H/b11-9+,12-10+;10-8+,11-9+;11-9+,12-10+;13-11+,14-12+;3-1+,4-2+;7-5+,8-6+;9-7+,10-8+. The molecule has 0 aliphatic rings. The number of benzene rings is 8. The molecular formula is C117H91F9N6O9. The minimum absolute atomic E-state index is 0.0114.